The summed E-state index contributed by atoms with van der Waals surface area (Å²) >= 11 is 0. The highest BCUT2D eigenvalue weighted by Gasteiger charge is 2.31. The Balaban J connectivity index is 1.71. The van der Waals surface area contributed by atoms with Crippen LogP contribution in [-0.4, -0.2) is 27.0 Å². The monoisotopic (exact) mass is 350 g/mol. The lowest BCUT2D eigenvalue weighted by Crippen LogP contribution is -2.37. The fourth-order valence-corrected chi connectivity index (χ4v) is 3.49. The van der Waals surface area contributed by atoms with Crippen molar-refractivity contribution in [2.75, 3.05) is 11.9 Å². The van der Waals surface area contributed by atoms with Gasteiger partial charge in [0.2, 0.25) is 10.0 Å². The van der Waals surface area contributed by atoms with Gasteiger partial charge in [-0.25, -0.2) is 12.8 Å². The summed E-state index contributed by atoms with van der Waals surface area (Å²) in [5, 5.41) is 3.03. The van der Waals surface area contributed by atoms with Crippen LogP contribution < -0.4 is 10.0 Å². The number of carbonyl (C=O) groups excluding carboxylic acids is 1. The van der Waals surface area contributed by atoms with E-state index >= 15 is 0 Å². The summed E-state index contributed by atoms with van der Waals surface area (Å²) in [7, 11) is -3.80. The lowest BCUT2D eigenvalue weighted by molar-refractivity contribution is -0.139. The molecular formula is C16H15FN2O4S. The first kappa shape index (κ1) is 16.4. The van der Waals surface area contributed by atoms with Crippen LogP contribution in [0.15, 0.2) is 53.4 Å². The molecule has 0 aliphatic carbocycles. The number of cyclic esters (lactones) is 1. The summed E-state index contributed by atoms with van der Waals surface area (Å²) in [6.07, 6.45) is 0.322. The molecule has 0 spiro atoms. The predicted octanol–water partition coefficient (Wildman–Crippen LogP) is 2.16. The van der Waals surface area contributed by atoms with Crippen LogP contribution in [0.2, 0.25) is 0 Å². The van der Waals surface area contributed by atoms with Crippen LogP contribution in [0.4, 0.5) is 15.8 Å². The summed E-state index contributed by atoms with van der Waals surface area (Å²) < 4.78 is 44.5. The molecule has 0 unspecified atom stereocenters. The number of hydrogen-bond donors (Lipinski definition) is 2. The molecule has 0 aromatic heterocycles. The van der Waals surface area contributed by atoms with Gasteiger partial charge < -0.3 is 10.1 Å². The molecule has 1 saturated heterocycles. The van der Waals surface area contributed by atoms with Crippen molar-refractivity contribution in [2.45, 2.75) is 17.4 Å². The number of esters is 1. The van der Waals surface area contributed by atoms with Gasteiger partial charge in [-0.05, 0) is 48.5 Å². The van der Waals surface area contributed by atoms with E-state index in [0.717, 1.165) is 0 Å². The number of anilines is 2. The second kappa shape index (κ2) is 6.58. The third-order valence-electron chi connectivity index (χ3n) is 3.53. The van der Waals surface area contributed by atoms with Crippen molar-refractivity contribution >= 4 is 27.4 Å². The van der Waals surface area contributed by atoms with Gasteiger partial charge in [0.1, 0.15) is 11.9 Å². The summed E-state index contributed by atoms with van der Waals surface area (Å²) in [6.45, 7) is 0.215. The van der Waals surface area contributed by atoms with Gasteiger partial charge in [0.15, 0.2) is 0 Å². The SMILES string of the molecule is O=C1OCC[C@@H]1NS(=O)(=O)c1ccc(Nc2ccc(F)cc2)cc1. The molecule has 1 aliphatic heterocycles. The van der Waals surface area contributed by atoms with Gasteiger partial charge in [-0.3, -0.25) is 4.79 Å². The fourth-order valence-electron chi connectivity index (χ4n) is 2.28. The molecule has 6 nitrogen and oxygen atoms in total. The van der Waals surface area contributed by atoms with Crippen molar-refractivity contribution in [1.29, 1.82) is 0 Å². The normalized spacial score (nSPS) is 17.5. The molecule has 8 heteroatoms. The van der Waals surface area contributed by atoms with E-state index in [1.807, 2.05) is 0 Å². The van der Waals surface area contributed by atoms with Crippen LogP contribution in [0, 0.1) is 5.82 Å². The second-order valence-electron chi connectivity index (χ2n) is 5.29. The van der Waals surface area contributed by atoms with Crippen LogP contribution in [-0.2, 0) is 19.6 Å². The molecule has 0 bridgehead atoms. The highest BCUT2D eigenvalue weighted by Crippen LogP contribution is 2.20. The molecule has 0 amide bonds. The number of carbonyl (C=O) groups is 1. The van der Waals surface area contributed by atoms with Crippen LogP contribution >= 0.6 is 0 Å². The quantitative estimate of drug-likeness (QED) is 0.808. The van der Waals surface area contributed by atoms with Gasteiger partial charge in [0.05, 0.1) is 11.5 Å². The van der Waals surface area contributed by atoms with Crippen molar-refractivity contribution in [3.05, 3.63) is 54.3 Å². The van der Waals surface area contributed by atoms with E-state index in [4.69, 9.17) is 4.74 Å². The van der Waals surface area contributed by atoms with Gasteiger partial charge in [0, 0.05) is 17.8 Å². The Morgan fingerprint density at radius 2 is 1.58 bits per heavy atom. The zero-order chi connectivity index (χ0) is 17.2. The van der Waals surface area contributed by atoms with Crippen molar-refractivity contribution in [2.24, 2.45) is 0 Å². The largest absolute Gasteiger partial charge is 0.464 e. The molecule has 2 aromatic rings. The predicted molar refractivity (Wildman–Crippen MR) is 85.8 cm³/mol. The van der Waals surface area contributed by atoms with Gasteiger partial charge >= 0.3 is 5.97 Å². The Kier molecular flexibility index (Phi) is 4.50. The smallest absolute Gasteiger partial charge is 0.324 e. The van der Waals surface area contributed by atoms with Crippen molar-refractivity contribution < 1.29 is 22.3 Å². The Labute approximate surface area is 138 Å². The fraction of sp³-hybridized carbons (Fsp3) is 0.188. The summed E-state index contributed by atoms with van der Waals surface area (Å²) in [5.74, 6) is -0.897. The Bertz CT molecular complexity index is 835. The highest BCUT2D eigenvalue weighted by molar-refractivity contribution is 7.89. The topological polar surface area (TPSA) is 84.5 Å². The Morgan fingerprint density at radius 3 is 2.12 bits per heavy atom. The molecule has 1 heterocycles. The van der Waals surface area contributed by atoms with Crippen LogP contribution in [0.25, 0.3) is 0 Å². The van der Waals surface area contributed by atoms with E-state index in [2.05, 4.69) is 10.0 Å². The van der Waals surface area contributed by atoms with Gasteiger partial charge in [-0.1, -0.05) is 0 Å². The average molecular weight is 350 g/mol. The molecule has 2 N–H and O–H groups in total. The van der Waals surface area contributed by atoms with E-state index in [0.29, 0.717) is 17.8 Å². The van der Waals surface area contributed by atoms with Gasteiger partial charge in [-0.15, -0.1) is 0 Å². The minimum absolute atomic E-state index is 0.0480. The number of sulfonamides is 1. The Hall–Kier alpha value is -2.45. The van der Waals surface area contributed by atoms with E-state index in [1.54, 1.807) is 24.3 Å². The zero-order valence-corrected chi connectivity index (χ0v) is 13.3. The van der Waals surface area contributed by atoms with E-state index in [1.165, 1.54) is 24.3 Å². The maximum Gasteiger partial charge on any atom is 0.324 e. The van der Waals surface area contributed by atoms with Crippen molar-refractivity contribution in [3.8, 4) is 0 Å². The number of ether oxygens (including phenoxy) is 1. The number of benzene rings is 2. The minimum atomic E-state index is -3.80. The third kappa shape index (κ3) is 3.72. The second-order valence-corrected chi connectivity index (χ2v) is 7.00. The van der Waals surface area contributed by atoms with Gasteiger partial charge in [0.25, 0.3) is 0 Å². The molecule has 1 aliphatic rings. The number of hydrogen-bond acceptors (Lipinski definition) is 5. The zero-order valence-electron chi connectivity index (χ0n) is 12.5. The Morgan fingerprint density at radius 1 is 1.00 bits per heavy atom. The standard InChI is InChI=1S/C16H15FN2O4S/c17-11-1-3-12(4-2-11)18-13-5-7-14(8-6-13)24(21,22)19-15-9-10-23-16(15)20/h1-8,15,18-19H,9-10H2/t15-/m0/s1. The molecule has 24 heavy (non-hydrogen) atoms. The first-order valence-electron chi connectivity index (χ1n) is 7.26. The van der Waals surface area contributed by atoms with Crippen molar-refractivity contribution in [1.82, 2.24) is 4.72 Å². The third-order valence-corrected chi connectivity index (χ3v) is 5.02. The van der Waals surface area contributed by atoms with Crippen molar-refractivity contribution in [3.63, 3.8) is 0 Å². The van der Waals surface area contributed by atoms with E-state index in [-0.39, 0.29) is 17.3 Å². The maximum atomic E-state index is 12.9. The average Bonchev–Trinajstić information content (AvgIpc) is 2.95. The first-order chi connectivity index (χ1) is 11.4. The lowest BCUT2D eigenvalue weighted by Gasteiger charge is -2.11. The molecular weight excluding hydrogens is 335 g/mol. The number of halogens is 1. The van der Waals surface area contributed by atoms with Crippen LogP contribution in [0.5, 0.6) is 0 Å². The summed E-state index contributed by atoms with van der Waals surface area (Å²) in [6, 6.07) is 11.0. The molecule has 2 aromatic carbocycles. The summed E-state index contributed by atoms with van der Waals surface area (Å²) in [5.41, 5.74) is 1.33. The highest BCUT2D eigenvalue weighted by atomic mass is 32.2. The molecule has 3 rings (SSSR count). The van der Waals surface area contributed by atoms with E-state index in [9.17, 15) is 17.6 Å². The van der Waals surface area contributed by atoms with Crippen LogP contribution in [0.1, 0.15) is 6.42 Å². The van der Waals surface area contributed by atoms with E-state index < -0.39 is 22.0 Å². The number of rotatable bonds is 5. The molecule has 1 fully saturated rings. The number of nitrogens with one attached hydrogen (secondary N) is 2. The summed E-state index contributed by atoms with van der Waals surface area (Å²) in [4.78, 5) is 11.4. The minimum Gasteiger partial charge on any atom is -0.464 e. The lowest BCUT2D eigenvalue weighted by atomic mass is 10.2. The maximum absolute atomic E-state index is 12.9. The van der Waals surface area contributed by atoms with Crippen LogP contribution in [0.3, 0.4) is 0 Å². The van der Waals surface area contributed by atoms with Gasteiger partial charge in [-0.2, -0.15) is 4.72 Å². The molecule has 126 valence electrons. The molecule has 0 radical (unpaired) electrons. The first-order valence-corrected chi connectivity index (χ1v) is 8.74. The molecule has 0 saturated carbocycles. The molecule has 1 atom stereocenters.